The van der Waals surface area contributed by atoms with E-state index >= 15 is 0 Å². The van der Waals surface area contributed by atoms with Crippen LogP contribution in [0.2, 0.25) is 0 Å². The van der Waals surface area contributed by atoms with Crippen LogP contribution in [0.5, 0.6) is 5.75 Å². The summed E-state index contributed by atoms with van der Waals surface area (Å²) in [5, 5.41) is 4.90. The second-order valence-electron chi connectivity index (χ2n) is 9.53. The van der Waals surface area contributed by atoms with Crippen molar-refractivity contribution in [3.05, 3.63) is 47.9 Å². The zero-order valence-corrected chi connectivity index (χ0v) is 17.5. The monoisotopic (exact) mass is 417 g/mol. The van der Waals surface area contributed by atoms with Crippen LogP contribution in [0.15, 0.2) is 36.7 Å². The third kappa shape index (κ3) is 3.02. The number of hydrogen-bond donors (Lipinski definition) is 2. The van der Waals surface area contributed by atoms with Gasteiger partial charge >= 0.3 is 0 Å². The lowest BCUT2D eigenvalue weighted by atomic mass is 9.95. The summed E-state index contributed by atoms with van der Waals surface area (Å²) in [6, 6.07) is 11.0. The largest absolute Gasteiger partial charge is 0.491 e. The third-order valence-electron chi connectivity index (χ3n) is 7.54. The number of anilines is 1. The fourth-order valence-electron chi connectivity index (χ4n) is 5.67. The Morgan fingerprint density at radius 3 is 2.71 bits per heavy atom. The molecule has 0 amide bonds. The number of rotatable bonds is 4. The molecule has 3 aliphatic heterocycles. The molecule has 2 saturated heterocycles. The standard InChI is InChI=1S/C24H27N5O2/c1-2-4-21-17(3-1)22(20(12-31-21)29-8-15-10-30-11-16(15)9-29)28-24-18-7-19(14-5-6-14)27-23(18)25-13-26-24/h1-4,7,13-16,20,22H,5-6,8-12H2,(H2,25,26,27,28). The molecule has 31 heavy (non-hydrogen) atoms. The molecule has 0 radical (unpaired) electrons. The first kappa shape index (κ1) is 18.0. The first-order valence-electron chi connectivity index (χ1n) is 11.5. The van der Waals surface area contributed by atoms with Crippen molar-refractivity contribution < 1.29 is 9.47 Å². The first-order valence-corrected chi connectivity index (χ1v) is 11.5. The second kappa shape index (κ2) is 6.93. The maximum atomic E-state index is 6.22. The number of para-hydroxylation sites is 1. The van der Waals surface area contributed by atoms with Gasteiger partial charge in [0, 0.05) is 36.2 Å². The van der Waals surface area contributed by atoms with Crippen molar-refractivity contribution >= 4 is 16.9 Å². The molecule has 1 aromatic carbocycles. The van der Waals surface area contributed by atoms with Gasteiger partial charge in [-0.25, -0.2) is 9.97 Å². The van der Waals surface area contributed by atoms with E-state index < -0.39 is 0 Å². The van der Waals surface area contributed by atoms with E-state index in [2.05, 4.69) is 49.4 Å². The topological polar surface area (TPSA) is 75.3 Å². The summed E-state index contributed by atoms with van der Waals surface area (Å²) in [5.74, 6) is 3.83. The minimum atomic E-state index is 0.113. The molecule has 160 valence electrons. The van der Waals surface area contributed by atoms with Crippen LogP contribution in [-0.2, 0) is 4.74 Å². The molecule has 4 atom stereocenters. The molecule has 1 saturated carbocycles. The van der Waals surface area contributed by atoms with Crippen LogP contribution in [0.4, 0.5) is 5.82 Å². The quantitative estimate of drug-likeness (QED) is 0.678. The van der Waals surface area contributed by atoms with Crippen LogP contribution in [0.1, 0.15) is 36.1 Å². The summed E-state index contributed by atoms with van der Waals surface area (Å²) in [6.45, 7) is 4.62. The predicted molar refractivity (Wildman–Crippen MR) is 117 cm³/mol. The van der Waals surface area contributed by atoms with Gasteiger partial charge in [-0.15, -0.1) is 0 Å². The van der Waals surface area contributed by atoms with Gasteiger partial charge in [-0.1, -0.05) is 18.2 Å². The van der Waals surface area contributed by atoms with Gasteiger partial charge in [-0.3, -0.25) is 4.90 Å². The molecule has 7 rings (SSSR count). The molecule has 4 unspecified atom stereocenters. The maximum Gasteiger partial charge on any atom is 0.143 e. The molecule has 5 heterocycles. The number of fused-ring (bicyclic) bond motifs is 3. The first-order chi connectivity index (χ1) is 15.3. The van der Waals surface area contributed by atoms with Crippen LogP contribution < -0.4 is 10.1 Å². The SMILES string of the molecule is c1ccc2c(c1)OCC(N1CC3COCC3C1)C2Nc1ncnc2[nH]c(C3CC3)cc12. The highest BCUT2D eigenvalue weighted by Crippen LogP contribution is 2.43. The molecule has 3 fully saturated rings. The fourth-order valence-corrected chi connectivity index (χ4v) is 5.67. The van der Waals surface area contributed by atoms with Gasteiger partial charge in [0.1, 0.15) is 30.1 Å². The highest BCUT2D eigenvalue weighted by atomic mass is 16.5. The summed E-state index contributed by atoms with van der Waals surface area (Å²) < 4.78 is 11.9. The van der Waals surface area contributed by atoms with E-state index in [-0.39, 0.29) is 12.1 Å². The zero-order chi connectivity index (χ0) is 20.4. The van der Waals surface area contributed by atoms with Crippen molar-refractivity contribution in [3.8, 4) is 5.75 Å². The van der Waals surface area contributed by atoms with Gasteiger partial charge in [-0.2, -0.15) is 0 Å². The number of benzene rings is 1. The van der Waals surface area contributed by atoms with Gasteiger partial charge < -0.3 is 19.8 Å². The Hall–Kier alpha value is -2.64. The van der Waals surface area contributed by atoms with Crippen LogP contribution >= 0.6 is 0 Å². The van der Waals surface area contributed by atoms with Crippen LogP contribution in [0, 0.1) is 11.8 Å². The number of likely N-dealkylation sites (tertiary alicyclic amines) is 1. The predicted octanol–water partition coefficient (Wildman–Crippen LogP) is 3.33. The Morgan fingerprint density at radius 2 is 1.87 bits per heavy atom. The fraction of sp³-hybridized carbons (Fsp3) is 0.500. The molecule has 2 N–H and O–H groups in total. The Bertz CT molecular complexity index is 1110. The van der Waals surface area contributed by atoms with E-state index in [9.17, 15) is 0 Å². The summed E-state index contributed by atoms with van der Waals surface area (Å²) in [6.07, 6.45) is 4.19. The Labute approximate surface area is 181 Å². The van der Waals surface area contributed by atoms with Crippen molar-refractivity contribution in [2.24, 2.45) is 11.8 Å². The number of hydrogen-bond acceptors (Lipinski definition) is 6. The summed E-state index contributed by atoms with van der Waals surface area (Å²) in [4.78, 5) is 15.3. The minimum Gasteiger partial charge on any atom is -0.491 e. The molecule has 4 aliphatic rings. The van der Waals surface area contributed by atoms with Gasteiger partial charge in [0.25, 0.3) is 0 Å². The smallest absolute Gasteiger partial charge is 0.143 e. The van der Waals surface area contributed by atoms with Crippen LogP contribution in [-0.4, -0.2) is 58.8 Å². The molecule has 2 aromatic heterocycles. The van der Waals surface area contributed by atoms with Crippen molar-refractivity contribution in [2.75, 3.05) is 38.2 Å². The second-order valence-corrected chi connectivity index (χ2v) is 9.53. The zero-order valence-electron chi connectivity index (χ0n) is 17.5. The third-order valence-corrected chi connectivity index (χ3v) is 7.54. The number of ether oxygens (including phenoxy) is 2. The number of H-pyrrole nitrogens is 1. The maximum absolute atomic E-state index is 6.22. The Balaban J connectivity index is 1.25. The summed E-state index contributed by atoms with van der Waals surface area (Å²) >= 11 is 0. The average Bonchev–Trinajstić information content (AvgIpc) is 3.20. The van der Waals surface area contributed by atoms with Crippen molar-refractivity contribution in [3.63, 3.8) is 0 Å². The average molecular weight is 418 g/mol. The van der Waals surface area contributed by atoms with Gasteiger partial charge in [-0.05, 0) is 30.9 Å². The summed E-state index contributed by atoms with van der Waals surface area (Å²) in [5.41, 5.74) is 3.41. The number of aromatic amines is 1. The molecule has 7 heteroatoms. The molecular formula is C24H27N5O2. The van der Waals surface area contributed by atoms with Gasteiger partial charge in [0.05, 0.1) is 30.7 Å². The molecule has 0 bridgehead atoms. The van der Waals surface area contributed by atoms with Gasteiger partial charge in [0.15, 0.2) is 0 Å². The van der Waals surface area contributed by atoms with Crippen molar-refractivity contribution in [1.29, 1.82) is 0 Å². The van der Waals surface area contributed by atoms with E-state index in [1.165, 1.54) is 24.1 Å². The summed E-state index contributed by atoms with van der Waals surface area (Å²) in [7, 11) is 0. The highest BCUT2D eigenvalue weighted by Gasteiger charge is 2.44. The minimum absolute atomic E-state index is 0.113. The van der Waals surface area contributed by atoms with Crippen LogP contribution in [0.3, 0.4) is 0 Å². The van der Waals surface area contributed by atoms with Crippen molar-refractivity contribution in [1.82, 2.24) is 19.9 Å². The molecular weight excluding hydrogens is 390 g/mol. The van der Waals surface area contributed by atoms with E-state index in [0.717, 1.165) is 48.9 Å². The van der Waals surface area contributed by atoms with E-state index in [4.69, 9.17) is 9.47 Å². The van der Waals surface area contributed by atoms with E-state index in [1.807, 2.05) is 6.07 Å². The highest BCUT2D eigenvalue weighted by molar-refractivity contribution is 5.88. The Kier molecular flexibility index (Phi) is 4.02. The number of nitrogens with one attached hydrogen (secondary N) is 2. The molecule has 3 aromatic rings. The lowest BCUT2D eigenvalue weighted by molar-refractivity contribution is 0.0952. The Morgan fingerprint density at radius 1 is 1.03 bits per heavy atom. The van der Waals surface area contributed by atoms with Crippen molar-refractivity contribution in [2.45, 2.75) is 30.8 Å². The van der Waals surface area contributed by atoms with E-state index in [1.54, 1.807) is 6.33 Å². The molecule has 0 spiro atoms. The van der Waals surface area contributed by atoms with Crippen LogP contribution in [0.25, 0.3) is 11.0 Å². The molecule has 1 aliphatic carbocycles. The number of aromatic nitrogens is 3. The van der Waals surface area contributed by atoms with E-state index in [0.29, 0.717) is 24.4 Å². The molecule has 7 nitrogen and oxygen atoms in total. The lowest BCUT2D eigenvalue weighted by Gasteiger charge is -2.39. The normalized spacial score (nSPS) is 30.2. The lowest BCUT2D eigenvalue weighted by Crippen LogP contribution is -2.47. The number of nitrogens with zero attached hydrogens (tertiary/aromatic N) is 3. The van der Waals surface area contributed by atoms with Gasteiger partial charge in [0.2, 0.25) is 0 Å².